The number of nitrogens with zero attached hydrogens (tertiary/aromatic N) is 1. The Bertz CT molecular complexity index is 1020. The molecule has 4 heteroatoms. The van der Waals surface area contributed by atoms with Crippen LogP contribution >= 0.6 is 0 Å². The molecular formula is C22H23NO3. The van der Waals surface area contributed by atoms with Crippen LogP contribution in [0.2, 0.25) is 0 Å². The summed E-state index contributed by atoms with van der Waals surface area (Å²) >= 11 is 0. The van der Waals surface area contributed by atoms with Gasteiger partial charge in [0.15, 0.2) is 11.3 Å². The molecule has 26 heavy (non-hydrogen) atoms. The zero-order chi connectivity index (χ0) is 17.7. The number of fused-ring (bicyclic) bond motifs is 1. The molecule has 0 spiro atoms. The van der Waals surface area contributed by atoms with Crippen LogP contribution in [-0.2, 0) is 0 Å². The average Bonchev–Trinajstić information content (AvgIpc) is 3.18. The maximum Gasteiger partial charge on any atom is 0.250 e. The molecule has 2 saturated carbocycles. The van der Waals surface area contributed by atoms with Crippen LogP contribution in [0.5, 0.6) is 5.75 Å². The van der Waals surface area contributed by atoms with Crippen LogP contribution in [0.4, 0.5) is 0 Å². The number of benzene rings is 1. The lowest BCUT2D eigenvalue weighted by molar-refractivity contribution is 0.407. The predicted octanol–water partition coefficient (Wildman–Crippen LogP) is 5.26. The minimum atomic E-state index is 0.0938. The second-order valence-corrected chi connectivity index (χ2v) is 7.58. The Morgan fingerprint density at radius 2 is 1.88 bits per heavy atom. The van der Waals surface area contributed by atoms with E-state index in [1.54, 1.807) is 13.2 Å². The summed E-state index contributed by atoms with van der Waals surface area (Å²) in [6, 6.07) is 10.2. The van der Waals surface area contributed by atoms with Crippen molar-refractivity contribution >= 4 is 11.0 Å². The fraction of sp³-hybridized carbons (Fsp3) is 0.409. The number of rotatable bonds is 4. The van der Waals surface area contributed by atoms with Crippen molar-refractivity contribution in [1.29, 1.82) is 0 Å². The quantitative estimate of drug-likeness (QED) is 0.645. The third-order valence-corrected chi connectivity index (χ3v) is 5.83. The molecule has 0 unspecified atom stereocenters. The molecule has 3 aromatic rings. The van der Waals surface area contributed by atoms with Gasteiger partial charge in [0.2, 0.25) is 0 Å². The van der Waals surface area contributed by atoms with Gasteiger partial charge in [-0.3, -0.25) is 4.79 Å². The molecule has 2 heterocycles. The molecule has 1 aromatic carbocycles. The van der Waals surface area contributed by atoms with E-state index < -0.39 is 0 Å². The molecule has 2 aliphatic carbocycles. The fourth-order valence-electron chi connectivity index (χ4n) is 4.23. The van der Waals surface area contributed by atoms with Crippen molar-refractivity contribution in [2.45, 2.75) is 50.5 Å². The molecule has 0 bridgehead atoms. The predicted molar refractivity (Wildman–Crippen MR) is 102 cm³/mol. The summed E-state index contributed by atoms with van der Waals surface area (Å²) in [5.74, 6) is 2.36. The van der Waals surface area contributed by atoms with E-state index in [9.17, 15) is 4.79 Å². The summed E-state index contributed by atoms with van der Waals surface area (Å²) < 4.78 is 13.6. The second kappa shape index (κ2) is 6.04. The Morgan fingerprint density at radius 3 is 2.62 bits per heavy atom. The fourth-order valence-corrected chi connectivity index (χ4v) is 4.23. The molecule has 2 aromatic heterocycles. The molecule has 0 aliphatic heterocycles. The van der Waals surface area contributed by atoms with Crippen molar-refractivity contribution in [2.75, 3.05) is 7.11 Å². The Kier molecular flexibility index (Phi) is 3.66. The molecule has 5 rings (SSSR count). The van der Waals surface area contributed by atoms with Gasteiger partial charge in [0.25, 0.3) is 5.56 Å². The second-order valence-electron chi connectivity index (χ2n) is 7.58. The molecule has 0 radical (unpaired) electrons. The lowest BCUT2D eigenvalue weighted by Crippen LogP contribution is -2.21. The van der Waals surface area contributed by atoms with Gasteiger partial charge in [-0.25, -0.2) is 0 Å². The molecule has 2 fully saturated rings. The highest BCUT2D eigenvalue weighted by atomic mass is 16.5. The first kappa shape index (κ1) is 15.7. The van der Waals surface area contributed by atoms with Gasteiger partial charge in [-0.1, -0.05) is 12.8 Å². The summed E-state index contributed by atoms with van der Waals surface area (Å²) in [7, 11) is 1.67. The first-order valence-corrected chi connectivity index (χ1v) is 9.57. The van der Waals surface area contributed by atoms with E-state index in [0.717, 1.165) is 46.4 Å². The van der Waals surface area contributed by atoms with Crippen molar-refractivity contribution in [2.24, 2.45) is 0 Å². The molecule has 0 N–H and O–H groups in total. The normalized spacial score (nSPS) is 17.9. The number of furan rings is 1. The van der Waals surface area contributed by atoms with Crippen molar-refractivity contribution in [3.05, 3.63) is 52.6 Å². The lowest BCUT2D eigenvalue weighted by atomic mass is 10.0. The number of hydrogen-bond donors (Lipinski definition) is 0. The van der Waals surface area contributed by atoms with Crippen molar-refractivity contribution in [3.8, 4) is 16.9 Å². The van der Waals surface area contributed by atoms with Crippen LogP contribution in [0.15, 0.2) is 45.7 Å². The third kappa shape index (κ3) is 2.56. The molecule has 2 aliphatic rings. The topological polar surface area (TPSA) is 44.4 Å². The summed E-state index contributed by atoms with van der Waals surface area (Å²) in [5.41, 5.74) is 3.07. The lowest BCUT2D eigenvalue weighted by Gasteiger charge is -2.15. The Hall–Kier alpha value is -2.49. The van der Waals surface area contributed by atoms with Gasteiger partial charge < -0.3 is 13.7 Å². The van der Waals surface area contributed by atoms with E-state index in [1.165, 1.54) is 25.7 Å². The molecule has 0 atom stereocenters. The van der Waals surface area contributed by atoms with Crippen LogP contribution in [0.1, 0.15) is 56.2 Å². The van der Waals surface area contributed by atoms with E-state index >= 15 is 0 Å². The standard InChI is InChI=1S/C22H23NO3/c1-25-19-10-9-17(18-12-20(14-6-7-14)26-22(18)19)15-8-11-21(24)23(13-15)16-4-2-3-5-16/h8-14,16H,2-7H2,1H3. The highest BCUT2D eigenvalue weighted by molar-refractivity contribution is 5.97. The average molecular weight is 349 g/mol. The van der Waals surface area contributed by atoms with Crippen LogP contribution in [0, 0.1) is 0 Å². The van der Waals surface area contributed by atoms with E-state index in [0.29, 0.717) is 12.0 Å². The summed E-state index contributed by atoms with van der Waals surface area (Å²) in [6.07, 6.45) is 9.04. The van der Waals surface area contributed by atoms with Crippen LogP contribution in [0.3, 0.4) is 0 Å². The van der Waals surface area contributed by atoms with Crippen molar-refractivity contribution in [1.82, 2.24) is 4.57 Å². The molecule has 134 valence electrons. The maximum absolute atomic E-state index is 12.4. The Labute approximate surface area is 152 Å². The minimum absolute atomic E-state index is 0.0938. The minimum Gasteiger partial charge on any atom is -0.493 e. The number of aromatic nitrogens is 1. The van der Waals surface area contributed by atoms with E-state index in [1.807, 2.05) is 22.9 Å². The largest absolute Gasteiger partial charge is 0.493 e. The highest BCUT2D eigenvalue weighted by Gasteiger charge is 2.28. The molecule has 4 nitrogen and oxygen atoms in total. The van der Waals surface area contributed by atoms with Gasteiger partial charge in [-0.2, -0.15) is 0 Å². The number of methoxy groups -OCH3 is 1. The first-order chi connectivity index (χ1) is 12.7. The van der Waals surface area contributed by atoms with Crippen molar-refractivity contribution in [3.63, 3.8) is 0 Å². The van der Waals surface area contributed by atoms with Crippen LogP contribution in [0.25, 0.3) is 22.1 Å². The van der Waals surface area contributed by atoms with E-state index in [4.69, 9.17) is 9.15 Å². The maximum atomic E-state index is 12.4. The molecular weight excluding hydrogens is 326 g/mol. The summed E-state index contributed by atoms with van der Waals surface area (Å²) in [4.78, 5) is 12.4. The number of ether oxygens (including phenoxy) is 1. The smallest absolute Gasteiger partial charge is 0.250 e. The zero-order valence-corrected chi connectivity index (χ0v) is 15.0. The number of hydrogen-bond acceptors (Lipinski definition) is 3. The zero-order valence-electron chi connectivity index (χ0n) is 15.0. The van der Waals surface area contributed by atoms with Gasteiger partial charge in [0.1, 0.15) is 5.76 Å². The molecule has 0 saturated heterocycles. The third-order valence-electron chi connectivity index (χ3n) is 5.83. The van der Waals surface area contributed by atoms with Gasteiger partial charge in [0.05, 0.1) is 7.11 Å². The van der Waals surface area contributed by atoms with Crippen LogP contribution < -0.4 is 10.3 Å². The van der Waals surface area contributed by atoms with Gasteiger partial charge >= 0.3 is 0 Å². The number of pyridine rings is 1. The van der Waals surface area contributed by atoms with E-state index in [2.05, 4.69) is 12.1 Å². The SMILES string of the molecule is COc1ccc(-c2ccc(=O)n(C3CCCC3)c2)c2cc(C3CC3)oc12. The molecule has 0 amide bonds. The van der Waals surface area contributed by atoms with Gasteiger partial charge in [-0.15, -0.1) is 0 Å². The first-order valence-electron chi connectivity index (χ1n) is 9.57. The van der Waals surface area contributed by atoms with E-state index in [-0.39, 0.29) is 5.56 Å². The Balaban J connectivity index is 1.67. The van der Waals surface area contributed by atoms with Gasteiger partial charge in [-0.05, 0) is 61.1 Å². The van der Waals surface area contributed by atoms with Crippen molar-refractivity contribution < 1.29 is 9.15 Å². The Morgan fingerprint density at radius 1 is 1.08 bits per heavy atom. The summed E-state index contributed by atoms with van der Waals surface area (Å²) in [5, 5.41) is 1.07. The highest BCUT2D eigenvalue weighted by Crippen LogP contribution is 2.45. The monoisotopic (exact) mass is 349 g/mol. The summed E-state index contributed by atoms with van der Waals surface area (Å²) in [6.45, 7) is 0. The van der Waals surface area contributed by atoms with Gasteiger partial charge in [0, 0.05) is 29.6 Å². The van der Waals surface area contributed by atoms with Crippen LogP contribution in [-0.4, -0.2) is 11.7 Å².